The fraction of sp³-hybridized carbons (Fsp3) is 0.478. The number of methoxy groups -OCH3 is 1. The number of carbonyl (C=O) groups is 3. The minimum Gasteiger partial charge on any atom is -0.467 e. The maximum atomic E-state index is 13.8. The number of carbonyl (C=O) groups excluding carboxylic acids is 3. The molecule has 1 aromatic heterocycles. The van der Waals surface area contributed by atoms with Gasteiger partial charge in [-0.15, -0.1) is 11.8 Å². The molecule has 2 aromatic rings. The van der Waals surface area contributed by atoms with Gasteiger partial charge in [-0.3, -0.25) is 15.2 Å². The van der Waals surface area contributed by atoms with Crippen molar-refractivity contribution in [2.45, 2.75) is 49.0 Å². The molecule has 2 amide bonds. The molecule has 1 aromatic carbocycles. The van der Waals surface area contributed by atoms with E-state index in [1.165, 1.54) is 35.7 Å². The van der Waals surface area contributed by atoms with E-state index in [2.05, 4.69) is 15.5 Å². The van der Waals surface area contributed by atoms with E-state index >= 15 is 0 Å². The Morgan fingerprint density at radius 1 is 1.22 bits per heavy atom. The first-order valence-corrected chi connectivity index (χ1v) is 13.8. The van der Waals surface area contributed by atoms with Crippen molar-refractivity contribution in [1.29, 1.82) is 0 Å². The second-order valence-electron chi connectivity index (χ2n) is 9.37. The van der Waals surface area contributed by atoms with Crippen LogP contribution in [-0.2, 0) is 30.8 Å². The van der Waals surface area contributed by atoms with E-state index in [1.807, 2.05) is 13.8 Å². The lowest BCUT2D eigenvalue weighted by molar-refractivity contribution is -0.149. The number of nitrogens with zero attached hydrogens (tertiary/aromatic N) is 3. The van der Waals surface area contributed by atoms with Crippen LogP contribution in [-0.4, -0.2) is 89.7 Å². The largest absolute Gasteiger partial charge is 0.467 e. The smallest absolute Gasteiger partial charge is 0.414 e. The summed E-state index contributed by atoms with van der Waals surface area (Å²) in [4.78, 5) is 39.6. The van der Waals surface area contributed by atoms with Crippen molar-refractivity contribution in [3.05, 3.63) is 41.7 Å². The van der Waals surface area contributed by atoms with E-state index in [4.69, 9.17) is 9.47 Å². The Labute approximate surface area is 220 Å². The normalized spacial score (nSPS) is 17.6. The number of aromatic nitrogens is 2. The second-order valence-corrected chi connectivity index (χ2v) is 12.2. The molecule has 0 bridgehead atoms. The number of hydrogen-bond donors (Lipinski definition) is 2. The number of esters is 1. The van der Waals surface area contributed by atoms with Gasteiger partial charge in [0, 0.05) is 31.8 Å². The summed E-state index contributed by atoms with van der Waals surface area (Å²) in [6.45, 7) is 5.30. The Morgan fingerprint density at radius 3 is 2.35 bits per heavy atom. The minimum atomic E-state index is -4.51. The molecule has 2 atom stereocenters. The minimum absolute atomic E-state index is 0.169. The number of aryl methyl sites for hydroxylation is 1. The van der Waals surface area contributed by atoms with Gasteiger partial charge in [0.1, 0.15) is 22.1 Å². The predicted octanol–water partition coefficient (Wildman–Crippen LogP) is 1.52. The molecule has 2 heterocycles. The zero-order chi connectivity index (χ0) is 27.5. The third kappa shape index (κ3) is 6.43. The molecule has 1 fully saturated rings. The lowest BCUT2D eigenvalue weighted by Gasteiger charge is -2.31. The van der Waals surface area contributed by atoms with Crippen molar-refractivity contribution in [2.75, 3.05) is 27.0 Å². The van der Waals surface area contributed by atoms with E-state index in [9.17, 15) is 22.8 Å². The maximum absolute atomic E-state index is 13.8. The molecule has 0 spiro atoms. The Hall–Kier alpha value is -3.10. The van der Waals surface area contributed by atoms with E-state index in [0.717, 1.165) is 13.3 Å². The highest BCUT2D eigenvalue weighted by molar-refractivity contribution is 8.01. The summed E-state index contributed by atoms with van der Waals surface area (Å²) in [5, 5.41) is 8.58. The van der Waals surface area contributed by atoms with E-state index < -0.39 is 44.9 Å². The average Bonchev–Trinajstić information content (AvgIpc) is 3.44. The summed E-state index contributed by atoms with van der Waals surface area (Å²) < 4.78 is 38.4. The van der Waals surface area contributed by atoms with E-state index in [-0.39, 0.29) is 22.8 Å². The van der Waals surface area contributed by atoms with Gasteiger partial charge >= 0.3 is 12.1 Å². The summed E-state index contributed by atoms with van der Waals surface area (Å²) >= 11 is 1.26. The fourth-order valence-corrected chi connectivity index (χ4v) is 6.69. The molecule has 12 nitrogen and oxygen atoms in total. The maximum Gasteiger partial charge on any atom is 0.414 e. The number of nitrogens with one attached hydrogen (secondary N) is 2. The van der Waals surface area contributed by atoms with Crippen LogP contribution in [0.2, 0.25) is 0 Å². The molecule has 3 rings (SSSR count). The quantitative estimate of drug-likeness (QED) is 0.461. The van der Waals surface area contributed by atoms with Crippen molar-refractivity contribution in [1.82, 2.24) is 24.7 Å². The van der Waals surface area contributed by atoms with Gasteiger partial charge in [0.2, 0.25) is 0 Å². The van der Waals surface area contributed by atoms with Crippen LogP contribution in [0.5, 0.6) is 5.75 Å². The summed E-state index contributed by atoms with van der Waals surface area (Å²) in [6.07, 6.45) is 0.367. The van der Waals surface area contributed by atoms with Gasteiger partial charge in [-0.05, 0) is 38.5 Å². The number of hydrogen-bond acceptors (Lipinski definition) is 10. The zero-order valence-corrected chi connectivity index (χ0v) is 23.1. The van der Waals surface area contributed by atoms with Gasteiger partial charge in [0.25, 0.3) is 15.9 Å². The number of ether oxygens (including phenoxy) is 2. The van der Waals surface area contributed by atoms with Crippen LogP contribution in [0.4, 0.5) is 4.79 Å². The molecule has 0 unspecified atom stereocenters. The number of thioether (sulfide) groups is 1. The topological polar surface area (TPSA) is 151 Å². The monoisotopic (exact) mass is 553 g/mol. The standard InChI is InChI=1S/C23H31N5O7S2/c1-14-18(12-24-26-14)37(32,33)28(20(29)19-25-23(2,3)13-36-19)17(21(30)34-6)11-15-7-9-16(10-8-15)35-22(31)27(4)5/h7-10,12,17,19,25H,11,13H2,1-6H3,(H,24,26)/t17-,19-/m0/s1. The molecule has 1 saturated heterocycles. The second kappa shape index (κ2) is 11.1. The summed E-state index contributed by atoms with van der Waals surface area (Å²) in [5.74, 6) is -0.857. The Kier molecular flexibility index (Phi) is 8.55. The van der Waals surface area contributed by atoms with Crippen LogP contribution in [0, 0.1) is 6.92 Å². The summed E-state index contributed by atoms with van der Waals surface area (Å²) in [6, 6.07) is 4.69. The van der Waals surface area contributed by atoms with Crippen molar-refractivity contribution in [2.24, 2.45) is 0 Å². The molecule has 2 N–H and O–H groups in total. The number of H-pyrrole nitrogens is 1. The highest BCUT2D eigenvalue weighted by Gasteiger charge is 2.47. The Balaban J connectivity index is 2.01. The first kappa shape index (κ1) is 28.5. The van der Waals surface area contributed by atoms with Crippen molar-refractivity contribution in [3.8, 4) is 5.75 Å². The van der Waals surface area contributed by atoms with Crippen molar-refractivity contribution in [3.63, 3.8) is 0 Å². The number of benzene rings is 1. The lowest BCUT2D eigenvalue weighted by Crippen LogP contribution is -2.55. The highest BCUT2D eigenvalue weighted by Crippen LogP contribution is 2.31. The fourth-order valence-electron chi connectivity index (χ4n) is 3.63. The first-order chi connectivity index (χ1) is 17.3. The molecular formula is C23H31N5O7S2. The van der Waals surface area contributed by atoms with Crippen LogP contribution in [0.1, 0.15) is 25.1 Å². The van der Waals surface area contributed by atoms with Crippen LogP contribution < -0.4 is 10.1 Å². The average molecular weight is 554 g/mol. The van der Waals surface area contributed by atoms with Crippen LogP contribution in [0.25, 0.3) is 0 Å². The molecule has 202 valence electrons. The predicted molar refractivity (Wildman–Crippen MR) is 136 cm³/mol. The van der Waals surface area contributed by atoms with Crippen LogP contribution >= 0.6 is 11.8 Å². The van der Waals surface area contributed by atoms with Crippen LogP contribution in [0.3, 0.4) is 0 Å². The van der Waals surface area contributed by atoms with Gasteiger partial charge in [-0.2, -0.15) is 5.10 Å². The van der Waals surface area contributed by atoms with Gasteiger partial charge in [0.15, 0.2) is 0 Å². The van der Waals surface area contributed by atoms with Crippen molar-refractivity contribution >= 4 is 39.8 Å². The highest BCUT2D eigenvalue weighted by atomic mass is 32.2. The summed E-state index contributed by atoms with van der Waals surface area (Å²) in [7, 11) is -0.290. The molecule has 0 saturated carbocycles. The van der Waals surface area contributed by atoms with Gasteiger partial charge in [-0.1, -0.05) is 12.1 Å². The summed E-state index contributed by atoms with van der Waals surface area (Å²) in [5.41, 5.74) is 0.331. The molecule has 0 radical (unpaired) electrons. The SMILES string of the molecule is COC(=O)[C@H](Cc1ccc(OC(=O)N(C)C)cc1)N(C(=O)[C@H]1NC(C)(C)CS1)S(=O)(=O)c1cn[nH]c1C. The number of aromatic amines is 1. The van der Waals surface area contributed by atoms with E-state index in [0.29, 0.717) is 15.6 Å². The molecule has 0 aliphatic carbocycles. The number of rotatable bonds is 8. The Bertz CT molecular complexity index is 1260. The number of amides is 2. The van der Waals surface area contributed by atoms with E-state index in [1.54, 1.807) is 26.2 Å². The van der Waals surface area contributed by atoms with Crippen molar-refractivity contribution < 1.29 is 32.3 Å². The third-order valence-corrected chi connectivity index (χ3v) is 9.03. The van der Waals surface area contributed by atoms with Gasteiger partial charge in [0.05, 0.1) is 19.0 Å². The molecule has 1 aliphatic rings. The molecule has 14 heteroatoms. The zero-order valence-electron chi connectivity index (χ0n) is 21.5. The van der Waals surface area contributed by atoms with Crippen LogP contribution in [0.15, 0.2) is 35.4 Å². The molecule has 1 aliphatic heterocycles. The van der Waals surface area contributed by atoms with Gasteiger partial charge < -0.3 is 14.4 Å². The lowest BCUT2D eigenvalue weighted by atomic mass is 10.1. The molecule has 37 heavy (non-hydrogen) atoms. The third-order valence-electron chi connectivity index (χ3n) is 5.57. The first-order valence-electron chi connectivity index (χ1n) is 11.3. The van der Waals surface area contributed by atoms with Gasteiger partial charge in [-0.25, -0.2) is 22.3 Å². The Morgan fingerprint density at radius 2 is 1.86 bits per heavy atom. The number of sulfonamides is 1. The molecular weight excluding hydrogens is 522 g/mol.